The van der Waals surface area contributed by atoms with Crippen LogP contribution in [0, 0.1) is 6.92 Å². The highest BCUT2D eigenvalue weighted by Crippen LogP contribution is 2.34. The number of carbonyl (C=O) groups excluding carboxylic acids is 3. The van der Waals surface area contributed by atoms with Crippen LogP contribution in [-0.2, 0) is 14.3 Å². The van der Waals surface area contributed by atoms with E-state index in [1.54, 1.807) is 37.4 Å². The molecule has 1 aromatic carbocycles. The summed E-state index contributed by atoms with van der Waals surface area (Å²) in [5, 5.41) is 5.95. The Morgan fingerprint density at radius 1 is 1.03 bits per heavy atom. The smallest absolute Gasteiger partial charge is 0.408 e. The van der Waals surface area contributed by atoms with E-state index in [1.807, 2.05) is 65.1 Å². The Labute approximate surface area is 228 Å². The van der Waals surface area contributed by atoms with Gasteiger partial charge in [0.25, 0.3) is 0 Å². The van der Waals surface area contributed by atoms with E-state index in [0.29, 0.717) is 18.6 Å². The second-order valence-electron chi connectivity index (χ2n) is 11.3. The molecule has 0 aliphatic rings. The van der Waals surface area contributed by atoms with E-state index in [2.05, 4.69) is 17.6 Å². The van der Waals surface area contributed by atoms with Crippen molar-refractivity contribution < 1.29 is 19.1 Å². The van der Waals surface area contributed by atoms with Gasteiger partial charge in [0.15, 0.2) is 0 Å². The minimum Gasteiger partial charge on any atom is -0.444 e. The fraction of sp³-hybridized carbons (Fsp3) is 0.690. The lowest BCUT2D eigenvalue weighted by Crippen LogP contribution is -2.60. The van der Waals surface area contributed by atoms with Crippen molar-refractivity contribution in [3.63, 3.8) is 0 Å². The number of carbonyl (C=O) groups is 3. The van der Waals surface area contributed by atoms with Gasteiger partial charge in [-0.3, -0.25) is 9.59 Å². The largest absolute Gasteiger partial charge is 0.444 e. The third-order valence-corrected chi connectivity index (χ3v) is 7.10. The first-order valence-corrected chi connectivity index (χ1v) is 14.7. The lowest BCUT2D eigenvalue weighted by atomic mass is 9.90. The molecule has 0 spiro atoms. The molecule has 0 aliphatic carbocycles. The summed E-state index contributed by atoms with van der Waals surface area (Å²) in [5.41, 5.74) is 0.344. The van der Waals surface area contributed by atoms with Crippen molar-refractivity contribution in [2.75, 3.05) is 12.0 Å². The molecule has 3 amide bonds. The highest BCUT2D eigenvalue weighted by atomic mass is 32.2. The molecule has 0 aromatic heterocycles. The zero-order valence-corrected chi connectivity index (χ0v) is 25.4. The molecular formula is C29H49N3O4S. The molecule has 0 saturated heterocycles. The van der Waals surface area contributed by atoms with Crippen molar-refractivity contribution in [2.24, 2.45) is 0 Å². The molecule has 3 atom stereocenters. The van der Waals surface area contributed by atoms with E-state index in [0.717, 1.165) is 24.0 Å². The van der Waals surface area contributed by atoms with Crippen molar-refractivity contribution in [1.29, 1.82) is 0 Å². The number of aryl methyl sites for hydroxylation is 1. The van der Waals surface area contributed by atoms with Crippen LogP contribution in [0.25, 0.3) is 0 Å². The van der Waals surface area contributed by atoms with E-state index in [1.165, 1.54) is 0 Å². The average molecular weight is 536 g/mol. The van der Waals surface area contributed by atoms with E-state index in [-0.39, 0.29) is 17.9 Å². The Hall–Kier alpha value is -2.22. The monoisotopic (exact) mass is 535 g/mol. The van der Waals surface area contributed by atoms with Crippen molar-refractivity contribution >= 4 is 29.7 Å². The summed E-state index contributed by atoms with van der Waals surface area (Å²) in [5.74, 6) is 0.158. The van der Waals surface area contributed by atoms with Crippen LogP contribution in [0.2, 0.25) is 0 Å². The van der Waals surface area contributed by atoms with Crippen molar-refractivity contribution in [2.45, 2.75) is 117 Å². The third kappa shape index (κ3) is 10.2. The minimum atomic E-state index is -0.847. The lowest BCUT2D eigenvalue weighted by Gasteiger charge is -2.45. The van der Waals surface area contributed by atoms with Gasteiger partial charge in [0.1, 0.15) is 17.7 Å². The molecule has 8 heteroatoms. The molecule has 0 saturated carbocycles. The zero-order valence-electron chi connectivity index (χ0n) is 24.6. The van der Waals surface area contributed by atoms with E-state index >= 15 is 0 Å². The third-order valence-electron chi connectivity index (χ3n) is 6.45. The summed E-state index contributed by atoms with van der Waals surface area (Å²) in [6.45, 7) is 17.3. The second-order valence-corrected chi connectivity index (χ2v) is 12.3. The predicted molar refractivity (Wildman–Crippen MR) is 154 cm³/mol. The van der Waals surface area contributed by atoms with E-state index in [4.69, 9.17) is 4.74 Å². The molecular weight excluding hydrogens is 486 g/mol. The van der Waals surface area contributed by atoms with Gasteiger partial charge in [-0.1, -0.05) is 44.5 Å². The topological polar surface area (TPSA) is 87.7 Å². The van der Waals surface area contributed by atoms with Crippen molar-refractivity contribution in [1.82, 2.24) is 15.5 Å². The first-order valence-electron chi connectivity index (χ1n) is 13.4. The first kappa shape index (κ1) is 32.8. The van der Waals surface area contributed by atoms with Crippen LogP contribution in [0.15, 0.2) is 24.3 Å². The van der Waals surface area contributed by atoms with Crippen LogP contribution in [0.5, 0.6) is 0 Å². The van der Waals surface area contributed by atoms with Crippen LogP contribution >= 0.6 is 11.8 Å². The molecule has 7 nitrogen and oxygen atoms in total. The van der Waals surface area contributed by atoms with Crippen molar-refractivity contribution in [3.8, 4) is 0 Å². The number of benzene rings is 1. The van der Waals surface area contributed by atoms with Gasteiger partial charge in [-0.25, -0.2) is 4.79 Å². The maximum Gasteiger partial charge on any atom is 0.408 e. The number of nitrogens with zero attached hydrogens (tertiary/aromatic N) is 1. The number of thioether (sulfide) groups is 1. The van der Waals surface area contributed by atoms with Crippen molar-refractivity contribution in [3.05, 3.63) is 35.4 Å². The highest BCUT2D eigenvalue weighted by Gasteiger charge is 2.43. The summed E-state index contributed by atoms with van der Waals surface area (Å²) >= 11 is 1.60. The zero-order chi connectivity index (χ0) is 28.4. The summed E-state index contributed by atoms with van der Waals surface area (Å²) in [7, 11) is 0. The Balaban J connectivity index is 3.63. The van der Waals surface area contributed by atoms with Crippen LogP contribution in [0.3, 0.4) is 0 Å². The SMILES string of the molecule is CCCC(C)NC(=O)C(c1ccccc1C)N(C(=O)C(CCSC)NC(=O)OC(C)(C)C)C(C)(C)CC. The van der Waals surface area contributed by atoms with Gasteiger partial charge in [-0.15, -0.1) is 0 Å². The summed E-state index contributed by atoms with van der Waals surface area (Å²) in [4.78, 5) is 42.7. The normalized spacial score (nSPS) is 14.3. The van der Waals surface area contributed by atoms with E-state index < -0.39 is 29.3 Å². The lowest BCUT2D eigenvalue weighted by molar-refractivity contribution is -0.149. The summed E-state index contributed by atoms with van der Waals surface area (Å²) in [6, 6.07) is 5.98. The van der Waals surface area contributed by atoms with Gasteiger partial charge in [0.2, 0.25) is 11.8 Å². The Morgan fingerprint density at radius 2 is 1.65 bits per heavy atom. The maximum absolute atomic E-state index is 14.4. The van der Waals surface area contributed by atoms with Gasteiger partial charge in [0.05, 0.1) is 0 Å². The molecule has 210 valence electrons. The molecule has 2 N–H and O–H groups in total. The summed E-state index contributed by atoms with van der Waals surface area (Å²) in [6.07, 6.45) is 4.14. The van der Waals surface area contributed by atoms with Crippen LogP contribution in [0.1, 0.15) is 98.2 Å². The summed E-state index contributed by atoms with van der Waals surface area (Å²) < 4.78 is 5.47. The van der Waals surface area contributed by atoms with Gasteiger partial charge in [-0.2, -0.15) is 11.8 Å². The van der Waals surface area contributed by atoms with Gasteiger partial charge in [-0.05, 0) is 90.9 Å². The molecule has 0 bridgehead atoms. The first-order chi connectivity index (χ1) is 17.2. The molecule has 0 aliphatic heterocycles. The number of amides is 3. The number of rotatable bonds is 13. The van der Waals surface area contributed by atoms with Gasteiger partial charge < -0.3 is 20.3 Å². The molecule has 1 rings (SSSR count). The maximum atomic E-state index is 14.4. The molecule has 3 unspecified atom stereocenters. The molecule has 37 heavy (non-hydrogen) atoms. The number of hydrogen-bond acceptors (Lipinski definition) is 5. The Morgan fingerprint density at radius 3 is 2.16 bits per heavy atom. The predicted octanol–water partition coefficient (Wildman–Crippen LogP) is 6.00. The van der Waals surface area contributed by atoms with Crippen LogP contribution < -0.4 is 10.6 Å². The minimum absolute atomic E-state index is 0.0297. The molecule has 1 aromatic rings. The van der Waals surface area contributed by atoms with Gasteiger partial charge >= 0.3 is 6.09 Å². The fourth-order valence-electron chi connectivity index (χ4n) is 4.17. The Bertz CT molecular complexity index is 897. The Kier molecular flexibility index (Phi) is 13.0. The number of hydrogen-bond donors (Lipinski definition) is 2. The van der Waals surface area contributed by atoms with Crippen LogP contribution in [-0.4, -0.2) is 58.0 Å². The highest BCUT2D eigenvalue weighted by molar-refractivity contribution is 7.98. The molecule has 0 fully saturated rings. The quantitative estimate of drug-likeness (QED) is 0.323. The number of nitrogens with one attached hydrogen (secondary N) is 2. The molecule has 0 radical (unpaired) electrons. The standard InChI is InChI=1S/C29H49N3O4S/c1-11-15-21(4)30-25(33)24(22-17-14-13-16-20(22)3)32(29(8,9)12-2)26(34)23(18-19-37-10)31-27(35)36-28(5,6)7/h13-14,16-17,21,23-24H,11-12,15,18-19H2,1-10H3,(H,30,33)(H,31,35). The van der Waals surface area contributed by atoms with Crippen LogP contribution in [0.4, 0.5) is 4.79 Å². The van der Waals surface area contributed by atoms with E-state index in [9.17, 15) is 14.4 Å². The average Bonchev–Trinajstić information content (AvgIpc) is 2.79. The second kappa shape index (κ2) is 14.6. The number of ether oxygens (including phenoxy) is 1. The van der Waals surface area contributed by atoms with Gasteiger partial charge in [0, 0.05) is 11.6 Å². The molecule has 0 heterocycles. The number of alkyl carbamates (subject to hydrolysis) is 1. The fourth-order valence-corrected chi connectivity index (χ4v) is 4.65.